The molecule has 0 aliphatic rings. The van der Waals surface area contributed by atoms with Gasteiger partial charge in [0.15, 0.2) is 0 Å². The van der Waals surface area contributed by atoms with Crippen molar-refractivity contribution in [2.75, 3.05) is 0 Å². The van der Waals surface area contributed by atoms with Crippen LogP contribution in [0.2, 0.25) is 0 Å². The summed E-state index contributed by atoms with van der Waals surface area (Å²) in [5, 5.41) is 2.46. The molecular formula is C29H20N2. The average Bonchev–Trinajstić information content (AvgIpc) is 3.20. The number of hydrogen-bond donors (Lipinski definition) is 0. The van der Waals surface area contributed by atoms with Crippen molar-refractivity contribution in [1.82, 2.24) is 9.55 Å². The van der Waals surface area contributed by atoms with E-state index in [0.29, 0.717) is 0 Å². The zero-order chi connectivity index (χ0) is 20.6. The Morgan fingerprint density at radius 3 is 1.84 bits per heavy atom. The van der Waals surface area contributed by atoms with Gasteiger partial charge in [0.25, 0.3) is 0 Å². The molecule has 0 unspecified atom stereocenters. The standard InChI is InChI=1S/C29H20N2/c1-3-9-21(10-4-1)22-15-17-24(18-16-22)31-27-14-8-7-13-25(27)26-19-20-30-28(29(26)31)23-11-5-2-6-12-23/h1-20H. The minimum absolute atomic E-state index is 1.00. The molecule has 0 aliphatic carbocycles. The van der Waals surface area contributed by atoms with Crippen molar-refractivity contribution in [3.8, 4) is 28.1 Å². The molecule has 0 radical (unpaired) electrons. The maximum absolute atomic E-state index is 4.80. The Morgan fingerprint density at radius 1 is 0.484 bits per heavy atom. The summed E-state index contributed by atoms with van der Waals surface area (Å²) < 4.78 is 2.34. The number of fused-ring (bicyclic) bond motifs is 3. The second-order valence-corrected chi connectivity index (χ2v) is 7.69. The van der Waals surface area contributed by atoms with E-state index in [-0.39, 0.29) is 0 Å². The van der Waals surface area contributed by atoms with E-state index in [4.69, 9.17) is 4.98 Å². The van der Waals surface area contributed by atoms with Gasteiger partial charge in [0.2, 0.25) is 0 Å². The Balaban J connectivity index is 1.64. The van der Waals surface area contributed by atoms with E-state index in [9.17, 15) is 0 Å². The highest BCUT2D eigenvalue weighted by Gasteiger charge is 2.17. The van der Waals surface area contributed by atoms with Gasteiger partial charge >= 0.3 is 0 Å². The van der Waals surface area contributed by atoms with Gasteiger partial charge in [-0.15, -0.1) is 0 Å². The van der Waals surface area contributed by atoms with Gasteiger partial charge in [-0.1, -0.05) is 91.0 Å². The number of benzene rings is 4. The number of para-hydroxylation sites is 1. The van der Waals surface area contributed by atoms with Crippen LogP contribution in [0.15, 0.2) is 121 Å². The molecule has 0 spiro atoms. The molecule has 4 aromatic carbocycles. The van der Waals surface area contributed by atoms with Gasteiger partial charge in [0, 0.05) is 28.2 Å². The topological polar surface area (TPSA) is 17.8 Å². The summed E-state index contributed by atoms with van der Waals surface area (Å²) in [6.45, 7) is 0. The molecule has 0 bridgehead atoms. The zero-order valence-corrected chi connectivity index (χ0v) is 16.9. The molecule has 2 heteroatoms. The fraction of sp³-hybridized carbons (Fsp3) is 0. The van der Waals surface area contributed by atoms with E-state index in [1.165, 1.54) is 27.4 Å². The fourth-order valence-electron chi connectivity index (χ4n) is 4.42. The summed E-state index contributed by atoms with van der Waals surface area (Å²) in [5.41, 5.74) is 8.03. The summed E-state index contributed by atoms with van der Waals surface area (Å²) in [7, 11) is 0. The predicted octanol–water partition coefficient (Wildman–Crippen LogP) is 7.51. The smallest absolute Gasteiger partial charge is 0.0948 e. The summed E-state index contributed by atoms with van der Waals surface area (Å²) in [6.07, 6.45) is 1.92. The Labute approximate surface area is 181 Å². The van der Waals surface area contributed by atoms with Crippen LogP contribution in [0.1, 0.15) is 0 Å². The molecule has 2 heterocycles. The normalized spacial score (nSPS) is 11.2. The highest BCUT2D eigenvalue weighted by molar-refractivity contribution is 6.12. The van der Waals surface area contributed by atoms with Crippen LogP contribution in [0.5, 0.6) is 0 Å². The molecule has 2 nitrogen and oxygen atoms in total. The third-order valence-electron chi connectivity index (χ3n) is 5.86. The average molecular weight is 396 g/mol. The van der Waals surface area contributed by atoms with Crippen LogP contribution in [-0.2, 0) is 0 Å². The Morgan fingerprint density at radius 2 is 1.10 bits per heavy atom. The van der Waals surface area contributed by atoms with E-state index in [1.807, 2.05) is 18.3 Å². The second kappa shape index (κ2) is 7.26. The lowest BCUT2D eigenvalue weighted by molar-refractivity contribution is 1.17. The van der Waals surface area contributed by atoms with Gasteiger partial charge < -0.3 is 4.57 Å². The monoisotopic (exact) mass is 396 g/mol. The van der Waals surface area contributed by atoms with Gasteiger partial charge in [-0.3, -0.25) is 4.98 Å². The molecule has 0 saturated carbocycles. The van der Waals surface area contributed by atoms with Crippen molar-refractivity contribution >= 4 is 21.8 Å². The summed E-state index contributed by atoms with van der Waals surface area (Å²) >= 11 is 0. The summed E-state index contributed by atoms with van der Waals surface area (Å²) in [6, 6.07) is 40.4. The molecule has 2 aromatic heterocycles. The number of hydrogen-bond acceptors (Lipinski definition) is 1. The quantitative estimate of drug-likeness (QED) is 0.303. The zero-order valence-electron chi connectivity index (χ0n) is 16.9. The SMILES string of the molecule is c1ccc(-c2ccc(-n3c4ccccc4c4ccnc(-c5ccccc5)c43)cc2)cc1. The van der Waals surface area contributed by atoms with Crippen LogP contribution >= 0.6 is 0 Å². The van der Waals surface area contributed by atoms with Crippen LogP contribution in [0.3, 0.4) is 0 Å². The van der Waals surface area contributed by atoms with E-state index < -0.39 is 0 Å². The van der Waals surface area contributed by atoms with Crippen molar-refractivity contribution in [2.45, 2.75) is 0 Å². The molecule has 146 valence electrons. The lowest BCUT2D eigenvalue weighted by atomic mass is 10.1. The van der Waals surface area contributed by atoms with Crippen LogP contribution in [0, 0.1) is 0 Å². The predicted molar refractivity (Wildman–Crippen MR) is 129 cm³/mol. The molecule has 31 heavy (non-hydrogen) atoms. The molecule has 0 amide bonds. The number of aromatic nitrogens is 2. The Bertz CT molecular complexity index is 1500. The minimum Gasteiger partial charge on any atom is -0.307 e. The van der Waals surface area contributed by atoms with Crippen molar-refractivity contribution in [3.63, 3.8) is 0 Å². The molecule has 6 rings (SSSR count). The van der Waals surface area contributed by atoms with Crippen LogP contribution in [0.25, 0.3) is 49.9 Å². The van der Waals surface area contributed by atoms with Crippen molar-refractivity contribution in [1.29, 1.82) is 0 Å². The largest absolute Gasteiger partial charge is 0.307 e. The van der Waals surface area contributed by atoms with Crippen molar-refractivity contribution in [2.24, 2.45) is 0 Å². The summed E-state index contributed by atoms with van der Waals surface area (Å²) in [4.78, 5) is 4.80. The maximum atomic E-state index is 4.80. The minimum atomic E-state index is 1.00. The molecule has 0 fully saturated rings. The first-order valence-electron chi connectivity index (χ1n) is 10.5. The first-order chi connectivity index (χ1) is 15.4. The Kier molecular flexibility index (Phi) is 4.14. The van der Waals surface area contributed by atoms with Crippen LogP contribution in [-0.4, -0.2) is 9.55 Å². The fourth-order valence-corrected chi connectivity index (χ4v) is 4.42. The first kappa shape index (κ1) is 17.7. The van der Waals surface area contributed by atoms with Crippen LogP contribution in [0.4, 0.5) is 0 Å². The number of nitrogens with zero attached hydrogens (tertiary/aromatic N) is 2. The van der Waals surface area contributed by atoms with E-state index in [0.717, 1.165) is 22.5 Å². The first-order valence-corrected chi connectivity index (χ1v) is 10.5. The molecular weight excluding hydrogens is 376 g/mol. The van der Waals surface area contributed by atoms with Gasteiger partial charge in [-0.2, -0.15) is 0 Å². The highest BCUT2D eigenvalue weighted by atomic mass is 15.0. The van der Waals surface area contributed by atoms with Crippen molar-refractivity contribution in [3.05, 3.63) is 121 Å². The second-order valence-electron chi connectivity index (χ2n) is 7.69. The maximum Gasteiger partial charge on any atom is 0.0948 e. The summed E-state index contributed by atoms with van der Waals surface area (Å²) in [5.74, 6) is 0. The van der Waals surface area contributed by atoms with Gasteiger partial charge in [-0.05, 0) is 35.4 Å². The van der Waals surface area contributed by atoms with E-state index >= 15 is 0 Å². The van der Waals surface area contributed by atoms with E-state index in [2.05, 4.69) is 108 Å². The third-order valence-corrected chi connectivity index (χ3v) is 5.86. The van der Waals surface area contributed by atoms with Gasteiger partial charge in [-0.25, -0.2) is 0 Å². The highest BCUT2D eigenvalue weighted by Crippen LogP contribution is 2.37. The van der Waals surface area contributed by atoms with Gasteiger partial charge in [0.1, 0.15) is 0 Å². The molecule has 0 N–H and O–H groups in total. The Hall–Kier alpha value is -4.17. The lowest BCUT2D eigenvalue weighted by Gasteiger charge is -2.12. The van der Waals surface area contributed by atoms with Crippen LogP contribution < -0.4 is 0 Å². The molecule has 0 saturated heterocycles. The lowest BCUT2D eigenvalue weighted by Crippen LogP contribution is -1.96. The molecule has 6 aromatic rings. The third kappa shape index (κ3) is 2.92. The number of pyridine rings is 1. The van der Waals surface area contributed by atoms with Crippen molar-refractivity contribution < 1.29 is 0 Å². The number of rotatable bonds is 3. The van der Waals surface area contributed by atoms with Gasteiger partial charge in [0.05, 0.1) is 16.7 Å². The van der Waals surface area contributed by atoms with E-state index in [1.54, 1.807) is 0 Å². The molecule has 0 atom stereocenters. The molecule has 0 aliphatic heterocycles.